The third kappa shape index (κ3) is 1.23. The van der Waals surface area contributed by atoms with Crippen molar-refractivity contribution in [1.29, 1.82) is 0 Å². The molecule has 54 valence electrons. The molecule has 1 saturated carbocycles. The highest BCUT2D eigenvalue weighted by molar-refractivity contribution is 4.92. The maximum atomic E-state index is 8.96. The molecule has 0 spiro atoms. The molecule has 3 nitrogen and oxygen atoms in total. The molecule has 0 heterocycles. The summed E-state index contributed by atoms with van der Waals surface area (Å²) in [6.45, 7) is 0. The van der Waals surface area contributed by atoms with Crippen LogP contribution in [0.4, 0.5) is 0 Å². The lowest BCUT2D eigenvalue weighted by atomic mass is 9.98. The minimum absolute atomic E-state index is 0.472. The quantitative estimate of drug-likeness (QED) is 0.420. The minimum Gasteiger partial charge on any atom is -0.377 e. The predicted molar refractivity (Wildman–Crippen MR) is 35.6 cm³/mol. The lowest BCUT2D eigenvalue weighted by Crippen LogP contribution is -2.53. The fourth-order valence-corrected chi connectivity index (χ4v) is 1.33. The molecule has 1 aliphatic rings. The lowest BCUT2D eigenvalue weighted by molar-refractivity contribution is 0.0931. The van der Waals surface area contributed by atoms with Gasteiger partial charge in [-0.25, -0.2) is 0 Å². The molecular weight excluding hydrogens is 116 g/mol. The van der Waals surface area contributed by atoms with Gasteiger partial charge in [-0.3, -0.25) is 0 Å². The summed E-state index contributed by atoms with van der Waals surface area (Å²) in [5.74, 6) is 0. The molecule has 0 aromatic carbocycles. The van der Waals surface area contributed by atoms with Crippen LogP contribution >= 0.6 is 0 Å². The van der Waals surface area contributed by atoms with Crippen LogP contribution in [0.25, 0.3) is 0 Å². The standard InChI is InChI=1S/C6H14N2O/c7-5(9)6(8)3-1-2-4-6/h5,9H,1-4,7-8H2. The monoisotopic (exact) mass is 130 g/mol. The summed E-state index contributed by atoms with van der Waals surface area (Å²) in [7, 11) is 0. The number of nitrogens with two attached hydrogens (primary N) is 2. The SMILES string of the molecule is NC(O)C1(N)CCCC1. The van der Waals surface area contributed by atoms with Crippen molar-refractivity contribution in [3.05, 3.63) is 0 Å². The second-order valence-electron chi connectivity index (χ2n) is 2.89. The molecule has 1 fully saturated rings. The number of hydrogen-bond donors (Lipinski definition) is 3. The topological polar surface area (TPSA) is 72.3 Å². The molecule has 9 heavy (non-hydrogen) atoms. The van der Waals surface area contributed by atoms with Crippen LogP contribution in [0.3, 0.4) is 0 Å². The maximum Gasteiger partial charge on any atom is 0.120 e. The van der Waals surface area contributed by atoms with Gasteiger partial charge in [0, 0.05) is 0 Å². The third-order valence-electron chi connectivity index (χ3n) is 2.12. The Hall–Kier alpha value is -0.120. The van der Waals surface area contributed by atoms with E-state index < -0.39 is 11.8 Å². The van der Waals surface area contributed by atoms with Gasteiger partial charge in [0.15, 0.2) is 0 Å². The van der Waals surface area contributed by atoms with Crippen LogP contribution in [0.5, 0.6) is 0 Å². The van der Waals surface area contributed by atoms with Gasteiger partial charge in [0.25, 0.3) is 0 Å². The van der Waals surface area contributed by atoms with E-state index in [1.54, 1.807) is 0 Å². The van der Waals surface area contributed by atoms with Gasteiger partial charge in [0.1, 0.15) is 6.23 Å². The first-order valence-electron chi connectivity index (χ1n) is 3.38. The van der Waals surface area contributed by atoms with Crippen LogP contribution in [0.15, 0.2) is 0 Å². The molecule has 0 aliphatic heterocycles. The van der Waals surface area contributed by atoms with Gasteiger partial charge in [-0.05, 0) is 12.8 Å². The van der Waals surface area contributed by atoms with E-state index >= 15 is 0 Å². The van der Waals surface area contributed by atoms with E-state index in [1.165, 1.54) is 0 Å². The molecule has 3 heteroatoms. The molecule has 1 unspecified atom stereocenters. The van der Waals surface area contributed by atoms with Crippen LogP contribution in [0.2, 0.25) is 0 Å². The van der Waals surface area contributed by atoms with Crippen molar-refractivity contribution in [2.24, 2.45) is 11.5 Å². The van der Waals surface area contributed by atoms with E-state index in [2.05, 4.69) is 0 Å². The van der Waals surface area contributed by atoms with Crippen molar-refractivity contribution in [1.82, 2.24) is 0 Å². The van der Waals surface area contributed by atoms with E-state index in [0.717, 1.165) is 25.7 Å². The van der Waals surface area contributed by atoms with Gasteiger partial charge in [0.05, 0.1) is 5.54 Å². The average Bonchev–Trinajstić information content (AvgIpc) is 2.16. The Morgan fingerprint density at radius 3 is 2.00 bits per heavy atom. The molecule has 0 radical (unpaired) electrons. The van der Waals surface area contributed by atoms with Crippen molar-refractivity contribution in [3.8, 4) is 0 Å². The molecule has 0 bridgehead atoms. The summed E-state index contributed by atoms with van der Waals surface area (Å²) in [4.78, 5) is 0. The van der Waals surface area contributed by atoms with Gasteiger partial charge >= 0.3 is 0 Å². The highest BCUT2D eigenvalue weighted by Gasteiger charge is 2.34. The van der Waals surface area contributed by atoms with E-state index in [0.29, 0.717) is 0 Å². The Balaban J connectivity index is 2.51. The smallest absolute Gasteiger partial charge is 0.120 e. The average molecular weight is 130 g/mol. The fourth-order valence-electron chi connectivity index (χ4n) is 1.33. The van der Waals surface area contributed by atoms with Gasteiger partial charge < -0.3 is 16.6 Å². The second kappa shape index (κ2) is 2.25. The summed E-state index contributed by atoms with van der Waals surface area (Å²) in [6, 6.07) is 0. The first-order chi connectivity index (χ1) is 4.15. The molecular formula is C6H14N2O. The molecule has 0 saturated heterocycles. The lowest BCUT2D eigenvalue weighted by Gasteiger charge is -2.26. The zero-order valence-corrected chi connectivity index (χ0v) is 5.51. The Labute approximate surface area is 55.0 Å². The molecule has 0 aromatic rings. The molecule has 1 rings (SSSR count). The van der Waals surface area contributed by atoms with Gasteiger partial charge in [-0.15, -0.1) is 0 Å². The second-order valence-corrected chi connectivity index (χ2v) is 2.89. The zero-order chi connectivity index (χ0) is 6.91. The summed E-state index contributed by atoms with van der Waals surface area (Å²) in [5, 5.41) is 8.96. The van der Waals surface area contributed by atoms with Crippen LogP contribution in [0.1, 0.15) is 25.7 Å². The number of rotatable bonds is 1. The summed E-state index contributed by atoms with van der Waals surface area (Å²) in [6.07, 6.45) is 3.10. The van der Waals surface area contributed by atoms with Crippen molar-refractivity contribution in [3.63, 3.8) is 0 Å². The summed E-state index contributed by atoms with van der Waals surface area (Å²) >= 11 is 0. The molecule has 5 N–H and O–H groups in total. The highest BCUT2D eigenvalue weighted by atomic mass is 16.3. The Kier molecular flexibility index (Phi) is 1.75. The number of aliphatic hydroxyl groups excluding tert-OH is 1. The molecule has 1 aliphatic carbocycles. The highest BCUT2D eigenvalue weighted by Crippen LogP contribution is 2.28. The largest absolute Gasteiger partial charge is 0.377 e. The first-order valence-corrected chi connectivity index (χ1v) is 3.38. The molecule has 1 atom stereocenters. The number of aliphatic hydroxyl groups is 1. The Morgan fingerprint density at radius 1 is 1.33 bits per heavy atom. The summed E-state index contributed by atoms with van der Waals surface area (Å²) < 4.78 is 0. The Morgan fingerprint density at radius 2 is 1.78 bits per heavy atom. The van der Waals surface area contributed by atoms with Gasteiger partial charge in [0.2, 0.25) is 0 Å². The third-order valence-corrected chi connectivity index (χ3v) is 2.12. The van der Waals surface area contributed by atoms with Crippen LogP contribution in [-0.2, 0) is 0 Å². The van der Waals surface area contributed by atoms with E-state index in [-0.39, 0.29) is 0 Å². The van der Waals surface area contributed by atoms with Crippen molar-refractivity contribution < 1.29 is 5.11 Å². The van der Waals surface area contributed by atoms with E-state index in [9.17, 15) is 0 Å². The van der Waals surface area contributed by atoms with Crippen molar-refractivity contribution >= 4 is 0 Å². The van der Waals surface area contributed by atoms with Crippen molar-refractivity contribution in [2.45, 2.75) is 37.5 Å². The van der Waals surface area contributed by atoms with E-state index in [1.807, 2.05) is 0 Å². The minimum atomic E-state index is -0.833. The molecule has 0 aromatic heterocycles. The summed E-state index contributed by atoms with van der Waals surface area (Å²) in [5.41, 5.74) is 10.5. The molecule has 0 amide bonds. The van der Waals surface area contributed by atoms with Crippen LogP contribution in [0, 0.1) is 0 Å². The predicted octanol–water partition coefficient (Wildman–Crippen LogP) is -0.465. The number of hydrogen-bond acceptors (Lipinski definition) is 3. The van der Waals surface area contributed by atoms with Crippen LogP contribution in [-0.4, -0.2) is 16.9 Å². The fraction of sp³-hybridized carbons (Fsp3) is 1.00. The first kappa shape index (κ1) is 6.99. The maximum absolute atomic E-state index is 8.96. The van der Waals surface area contributed by atoms with Crippen molar-refractivity contribution in [2.75, 3.05) is 0 Å². The normalized spacial score (nSPS) is 28.3. The Bertz CT molecular complexity index is 97.2. The van der Waals surface area contributed by atoms with Crippen LogP contribution < -0.4 is 11.5 Å². The van der Waals surface area contributed by atoms with E-state index in [4.69, 9.17) is 16.6 Å². The zero-order valence-electron chi connectivity index (χ0n) is 5.51. The van der Waals surface area contributed by atoms with Gasteiger partial charge in [-0.2, -0.15) is 0 Å². The van der Waals surface area contributed by atoms with Gasteiger partial charge in [-0.1, -0.05) is 12.8 Å².